The van der Waals surface area contributed by atoms with Crippen molar-refractivity contribution in [2.24, 2.45) is 0 Å². The Labute approximate surface area is 157 Å². The normalized spacial score (nSPS) is 18.1. The van der Waals surface area contributed by atoms with Crippen LogP contribution < -0.4 is 0 Å². The van der Waals surface area contributed by atoms with Gasteiger partial charge in [-0.15, -0.1) is 0 Å². The number of sulfonamides is 1. The first-order valence-corrected chi connectivity index (χ1v) is 9.73. The topological polar surface area (TPSA) is 96.9 Å². The molecule has 0 bridgehead atoms. The summed E-state index contributed by atoms with van der Waals surface area (Å²) in [6, 6.07) is 10.0. The molecule has 142 valence electrons. The number of piperazine rings is 1. The zero-order valence-corrected chi connectivity index (χ0v) is 15.5. The molecule has 0 radical (unpaired) electrons. The van der Waals surface area contributed by atoms with Gasteiger partial charge in [0.25, 0.3) is 5.91 Å². The molecule has 0 saturated carbocycles. The Morgan fingerprint density at radius 2 is 1.85 bits per heavy atom. The number of rotatable bonds is 4. The molecule has 2 aromatic rings. The van der Waals surface area contributed by atoms with Crippen LogP contribution in [0.1, 0.15) is 10.4 Å². The smallest absolute Gasteiger partial charge is 0.326 e. The van der Waals surface area contributed by atoms with Crippen molar-refractivity contribution in [2.75, 3.05) is 26.7 Å². The molecule has 9 heteroatoms. The Kier molecular flexibility index (Phi) is 5.52. The third-order valence-corrected chi connectivity index (χ3v) is 6.27. The van der Waals surface area contributed by atoms with Crippen molar-refractivity contribution in [3.8, 4) is 0 Å². The van der Waals surface area contributed by atoms with Gasteiger partial charge in [-0.3, -0.25) is 14.6 Å². The second-order valence-corrected chi connectivity index (χ2v) is 7.85. The molecule has 0 unspecified atom stereocenters. The van der Waals surface area contributed by atoms with E-state index in [2.05, 4.69) is 4.98 Å². The van der Waals surface area contributed by atoms with Crippen LogP contribution in [0.3, 0.4) is 0 Å². The maximum atomic E-state index is 13.0. The first-order valence-electron chi connectivity index (χ1n) is 8.29. The average Bonchev–Trinajstić information content (AvgIpc) is 2.73. The second kappa shape index (κ2) is 7.85. The molecule has 8 nitrogen and oxygen atoms in total. The van der Waals surface area contributed by atoms with Crippen LogP contribution in [-0.2, 0) is 19.6 Å². The summed E-state index contributed by atoms with van der Waals surface area (Å²) < 4.78 is 31.8. The molecular weight excluding hydrogens is 370 g/mol. The van der Waals surface area contributed by atoms with Gasteiger partial charge in [0.1, 0.15) is 6.04 Å². The van der Waals surface area contributed by atoms with E-state index in [1.807, 2.05) is 0 Å². The Morgan fingerprint density at radius 3 is 2.48 bits per heavy atom. The van der Waals surface area contributed by atoms with E-state index in [1.165, 1.54) is 30.3 Å². The summed E-state index contributed by atoms with van der Waals surface area (Å²) in [7, 11) is -2.71. The van der Waals surface area contributed by atoms with Gasteiger partial charge in [0.2, 0.25) is 10.0 Å². The number of hydrogen-bond donors (Lipinski definition) is 0. The fourth-order valence-corrected chi connectivity index (χ4v) is 4.55. The van der Waals surface area contributed by atoms with Crippen LogP contribution in [0.5, 0.6) is 0 Å². The van der Waals surface area contributed by atoms with Gasteiger partial charge < -0.3 is 9.64 Å². The Morgan fingerprint density at radius 1 is 1.11 bits per heavy atom. The lowest BCUT2D eigenvalue weighted by atomic mass is 10.1. The molecule has 0 aliphatic carbocycles. The summed E-state index contributed by atoms with van der Waals surface area (Å²) in [5.74, 6) is -1.02. The van der Waals surface area contributed by atoms with Gasteiger partial charge in [-0.2, -0.15) is 4.31 Å². The highest BCUT2D eigenvalue weighted by Gasteiger charge is 2.42. The number of aromatic nitrogens is 1. The highest BCUT2D eigenvalue weighted by atomic mass is 32.2. The minimum absolute atomic E-state index is 0.0109. The SMILES string of the molecule is COC(=O)[C@@H]1CN(C(=O)c2cccnc2)CCN1S(=O)(=O)c1ccccc1. The van der Waals surface area contributed by atoms with E-state index >= 15 is 0 Å². The first-order chi connectivity index (χ1) is 12.9. The molecule has 27 heavy (non-hydrogen) atoms. The zero-order valence-electron chi connectivity index (χ0n) is 14.7. The molecule has 1 atom stereocenters. The molecule has 0 N–H and O–H groups in total. The minimum Gasteiger partial charge on any atom is -0.468 e. The maximum absolute atomic E-state index is 13.0. The Bertz CT molecular complexity index is 919. The molecule has 3 rings (SSSR count). The lowest BCUT2D eigenvalue weighted by molar-refractivity contribution is -0.146. The summed E-state index contributed by atoms with van der Waals surface area (Å²) in [6.45, 7) is 0.0583. The van der Waals surface area contributed by atoms with Crippen LogP contribution in [0.25, 0.3) is 0 Å². The van der Waals surface area contributed by atoms with E-state index in [9.17, 15) is 18.0 Å². The lowest BCUT2D eigenvalue weighted by Gasteiger charge is -2.38. The van der Waals surface area contributed by atoms with Gasteiger partial charge >= 0.3 is 5.97 Å². The highest BCUT2D eigenvalue weighted by molar-refractivity contribution is 7.89. The summed E-state index contributed by atoms with van der Waals surface area (Å²) >= 11 is 0. The van der Waals surface area contributed by atoms with Gasteiger partial charge in [0, 0.05) is 32.0 Å². The van der Waals surface area contributed by atoms with Crippen molar-refractivity contribution >= 4 is 21.9 Å². The number of hydrogen-bond acceptors (Lipinski definition) is 6. The summed E-state index contributed by atoms with van der Waals surface area (Å²) in [6.07, 6.45) is 2.99. The standard InChI is InChI=1S/C18H19N3O5S/c1-26-18(23)16-13-20(17(22)14-6-5-9-19-12-14)10-11-21(16)27(24,25)15-7-3-2-4-8-15/h2-9,12,16H,10-11,13H2,1H3/t16-/m0/s1. The Balaban J connectivity index is 1.88. The van der Waals surface area contributed by atoms with Crippen molar-refractivity contribution < 1.29 is 22.7 Å². The lowest BCUT2D eigenvalue weighted by Crippen LogP contribution is -2.59. The second-order valence-electron chi connectivity index (χ2n) is 5.96. The first kappa shape index (κ1) is 19.0. The maximum Gasteiger partial charge on any atom is 0.326 e. The molecular formula is C18H19N3O5S. The fraction of sp³-hybridized carbons (Fsp3) is 0.278. The predicted octanol–water partition coefficient (Wildman–Crippen LogP) is 0.770. The minimum atomic E-state index is -3.90. The molecule has 1 fully saturated rings. The van der Waals surface area contributed by atoms with Gasteiger partial charge in [-0.1, -0.05) is 18.2 Å². The number of amides is 1. The van der Waals surface area contributed by atoms with Crippen LogP contribution >= 0.6 is 0 Å². The van der Waals surface area contributed by atoms with Crippen LogP contribution in [0.4, 0.5) is 0 Å². The van der Waals surface area contributed by atoms with E-state index in [1.54, 1.807) is 36.5 Å². The van der Waals surface area contributed by atoms with Gasteiger partial charge in [0.15, 0.2) is 0 Å². The monoisotopic (exact) mass is 389 g/mol. The molecule has 1 aliphatic rings. The molecule has 1 aromatic carbocycles. The van der Waals surface area contributed by atoms with Crippen LogP contribution in [0, 0.1) is 0 Å². The van der Waals surface area contributed by atoms with Gasteiger partial charge in [-0.25, -0.2) is 8.42 Å². The van der Waals surface area contributed by atoms with E-state index in [4.69, 9.17) is 4.74 Å². The number of carbonyl (C=O) groups is 2. The van der Waals surface area contributed by atoms with Crippen molar-refractivity contribution in [1.82, 2.24) is 14.2 Å². The van der Waals surface area contributed by atoms with Gasteiger partial charge in [0.05, 0.1) is 17.6 Å². The third kappa shape index (κ3) is 3.83. The average molecular weight is 389 g/mol. The van der Waals surface area contributed by atoms with Crippen LogP contribution in [0.2, 0.25) is 0 Å². The summed E-state index contributed by atoms with van der Waals surface area (Å²) in [5.41, 5.74) is 0.375. The predicted molar refractivity (Wildman–Crippen MR) is 96.3 cm³/mol. The third-order valence-electron chi connectivity index (χ3n) is 4.35. The molecule has 1 amide bonds. The van der Waals surface area contributed by atoms with E-state index < -0.39 is 22.0 Å². The molecule has 1 saturated heterocycles. The largest absolute Gasteiger partial charge is 0.468 e. The number of carbonyl (C=O) groups excluding carboxylic acids is 2. The number of esters is 1. The van der Waals surface area contributed by atoms with E-state index in [-0.39, 0.29) is 30.4 Å². The fourth-order valence-electron chi connectivity index (χ4n) is 2.97. The quantitative estimate of drug-likeness (QED) is 0.717. The van der Waals surface area contributed by atoms with Crippen LogP contribution in [-0.4, -0.2) is 67.3 Å². The van der Waals surface area contributed by atoms with Crippen molar-refractivity contribution in [2.45, 2.75) is 10.9 Å². The van der Waals surface area contributed by atoms with Crippen LogP contribution in [0.15, 0.2) is 59.8 Å². The summed E-state index contributed by atoms with van der Waals surface area (Å²) in [5, 5.41) is 0. The summed E-state index contributed by atoms with van der Waals surface area (Å²) in [4.78, 5) is 30.4. The molecule has 1 aliphatic heterocycles. The van der Waals surface area contributed by atoms with Crippen molar-refractivity contribution in [3.63, 3.8) is 0 Å². The van der Waals surface area contributed by atoms with E-state index in [0.717, 1.165) is 4.31 Å². The van der Waals surface area contributed by atoms with Crippen molar-refractivity contribution in [3.05, 3.63) is 60.4 Å². The number of nitrogens with zero attached hydrogens (tertiary/aromatic N) is 3. The highest BCUT2D eigenvalue weighted by Crippen LogP contribution is 2.23. The van der Waals surface area contributed by atoms with E-state index in [0.29, 0.717) is 5.56 Å². The van der Waals surface area contributed by atoms with Gasteiger partial charge in [-0.05, 0) is 24.3 Å². The number of ether oxygens (including phenoxy) is 1. The molecule has 2 heterocycles. The zero-order chi connectivity index (χ0) is 19.4. The Hall–Kier alpha value is -2.78. The van der Waals surface area contributed by atoms with Crippen molar-refractivity contribution in [1.29, 1.82) is 0 Å². The number of methoxy groups -OCH3 is 1. The number of pyridine rings is 1. The number of benzene rings is 1. The molecule has 0 spiro atoms. The molecule has 1 aromatic heterocycles.